The molecule has 1 amide bonds. The number of nitrogens with one attached hydrogen (secondary N) is 1. The summed E-state index contributed by atoms with van der Waals surface area (Å²) in [6.07, 6.45) is 15.0. The lowest BCUT2D eigenvalue weighted by molar-refractivity contribution is -0.683. The lowest BCUT2D eigenvalue weighted by atomic mass is 10.1. The van der Waals surface area contributed by atoms with Crippen molar-refractivity contribution < 1.29 is 35.8 Å². The van der Waals surface area contributed by atoms with Gasteiger partial charge in [-0.2, -0.15) is 4.57 Å². The van der Waals surface area contributed by atoms with Gasteiger partial charge in [-0.3, -0.25) is 4.79 Å². The number of methoxy groups -OCH3 is 1. The van der Waals surface area contributed by atoms with Crippen molar-refractivity contribution in [3.05, 3.63) is 70.2 Å². The van der Waals surface area contributed by atoms with Crippen LogP contribution in [0.2, 0.25) is 0 Å². The van der Waals surface area contributed by atoms with E-state index in [9.17, 15) is 4.79 Å². The highest BCUT2D eigenvalue weighted by molar-refractivity contribution is 7.09. The number of halogens is 1. The summed E-state index contributed by atoms with van der Waals surface area (Å²) in [7, 11) is 1.63. The number of amides is 1. The van der Waals surface area contributed by atoms with E-state index in [0.717, 1.165) is 30.6 Å². The quantitative estimate of drug-likeness (QED) is 0.175. The van der Waals surface area contributed by atoms with Crippen LogP contribution in [-0.4, -0.2) is 19.6 Å². The first-order valence-electron chi connectivity index (χ1n) is 13.7. The predicted octanol–water partition coefficient (Wildman–Crippen LogP) is 4.96. The minimum atomic E-state index is -0.164. The van der Waals surface area contributed by atoms with Crippen molar-refractivity contribution in [2.45, 2.75) is 84.6 Å². The fourth-order valence-electron chi connectivity index (χ4n) is 4.39. The summed E-state index contributed by atoms with van der Waals surface area (Å²) in [6.45, 7) is 5.76. The third kappa shape index (κ3) is 11.2. The lowest BCUT2D eigenvalue weighted by Gasteiger charge is -2.13. The first-order chi connectivity index (χ1) is 18.1. The minimum Gasteiger partial charge on any atom is -1.00 e. The highest BCUT2D eigenvalue weighted by Gasteiger charge is 2.13. The molecule has 38 heavy (non-hydrogen) atoms. The molecule has 2 aromatic carbocycles. The number of unbranched alkanes of at least 4 members (excludes halogenated alkanes) is 9. The van der Waals surface area contributed by atoms with E-state index >= 15 is 0 Å². The molecule has 0 saturated carbocycles. The molecule has 5 nitrogen and oxygen atoms in total. The Morgan fingerprint density at radius 1 is 0.921 bits per heavy atom. The van der Waals surface area contributed by atoms with Crippen LogP contribution in [0.4, 0.5) is 5.69 Å². The van der Waals surface area contributed by atoms with Crippen LogP contribution in [0.3, 0.4) is 0 Å². The van der Waals surface area contributed by atoms with Crippen molar-refractivity contribution in [3.8, 4) is 11.5 Å². The smallest absolute Gasteiger partial charge is 0.255 e. The summed E-state index contributed by atoms with van der Waals surface area (Å²) in [5, 5.41) is 3.02. The Morgan fingerprint density at radius 2 is 1.63 bits per heavy atom. The van der Waals surface area contributed by atoms with Crippen molar-refractivity contribution in [2.24, 2.45) is 0 Å². The van der Waals surface area contributed by atoms with Gasteiger partial charge in [0.15, 0.2) is 24.2 Å². The molecule has 208 valence electrons. The lowest BCUT2D eigenvalue weighted by Crippen LogP contribution is -3.00. The van der Waals surface area contributed by atoms with Crippen molar-refractivity contribution in [2.75, 3.05) is 19.0 Å². The highest BCUT2D eigenvalue weighted by atomic mass is 79.9. The van der Waals surface area contributed by atoms with Crippen LogP contribution in [0.15, 0.2) is 54.2 Å². The summed E-state index contributed by atoms with van der Waals surface area (Å²) in [4.78, 5) is 14.3. The normalized spacial score (nSPS) is 10.6. The van der Waals surface area contributed by atoms with E-state index in [0.29, 0.717) is 23.7 Å². The van der Waals surface area contributed by atoms with Crippen LogP contribution in [0.5, 0.6) is 11.5 Å². The summed E-state index contributed by atoms with van der Waals surface area (Å²) >= 11 is 1.72. The maximum atomic E-state index is 13.0. The molecular formula is C31H43BrN2O3S. The van der Waals surface area contributed by atoms with Gasteiger partial charge in [0.2, 0.25) is 5.51 Å². The van der Waals surface area contributed by atoms with E-state index in [2.05, 4.69) is 41.5 Å². The second kappa shape index (κ2) is 18.0. The second-order valence-corrected chi connectivity index (χ2v) is 10.8. The van der Waals surface area contributed by atoms with Gasteiger partial charge in [0.05, 0.1) is 18.6 Å². The number of thiazole rings is 1. The SMILES string of the molecule is CCCCCCCCCCCCOc1cc(C(=O)Nc2cccc(C[n+]3csc(C)c3)c2)ccc1OC.[Br-]. The average Bonchev–Trinajstić information content (AvgIpc) is 3.31. The van der Waals surface area contributed by atoms with Crippen molar-refractivity contribution in [3.63, 3.8) is 0 Å². The number of benzene rings is 2. The van der Waals surface area contributed by atoms with Crippen LogP contribution in [0, 0.1) is 6.92 Å². The molecule has 0 radical (unpaired) electrons. The van der Waals surface area contributed by atoms with Crippen LogP contribution in [0.25, 0.3) is 0 Å². The third-order valence-electron chi connectivity index (χ3n) is 6.45. The zero-order valence-corrected chi connectivity index (χ0v) is 25.5. The number of ether oxygens (including phenoxy) is 2. The molecule has 0 saturated heterocycles. The Kier molecular flexibility index (Phi) is 15.1. The molecular weight excluding hydrogens is 560 g/mol. The molecule has 0 fully saturated rings. The molecule has 0 bridgehead atoms. The van der Waals surface area contributed by atoms with E-state index in [1.165, 1.54) is 56.2 Å². The Balaban J connectivity index is 0.00000507. The van der Waals surface area contributed by atoms with E-state index in [1.54, 1.807) is 36.6 Å². The number of hydrogen-bond donors (Lipinski definition) is 1. The maximum absolute atomic E-state index is 13.0. The van der Waals surface area contributed by atoms with Gasteiger partial charge in [0.1, 0.15) is 0 Å². The van der Waals surface area contributed by atoms with Crippen LogP contribution in [0.1, 0.15) is 91.9 Å². The van der Waals surface area contributed by atoms with Crippen molar-refractivity contribution >= 4 is 22.9 Å². The summed E-state index contributed by atoms with van der Waals surface area (Å²) in [5.74, 6) is 1.10. The molecule has 0 spiro atoms. The molecule has 0 aliphatic heterocycles. The number of rotatable bonds is 17. The van der Waals surface area contributed by atoms with E-state index in [1.807, 2.05) is 18.2 Å². The molecule has 3 rings (SSSR count). The molecule has 0 atom stereocenters. The molecule has 0 aliphatic carbocycles. The van der Waals surface area contributed by atoms with Gasteiger partial charge >= 0.3 is 0 Å². The Labute approximate surface area is 243 Å². The van der Waals surface area contributed by atoms with Gasteiger partial charge in [-0.1, -0.05) is 88.2 Å². The maximum Gasteiger partial charge on any atom is 0.255 e. The fraction of sp³-hybridized carbons (Fsp3) is 0.484. The fourth-order valence-corrected chi connectivity index (χ4v) is 5.03. The zero-order valence-electron chi connectivity index (χ0n) is 23.1. The second-order valence-electron chi connectivity index (χ2n) is 9.69. The monoisotopic (exact) mass is 602 g/mol. The zero-order chi connectivity index (χ0) is 26.3. The summed E-state index contributed by atoms with van der Waals surface area (Å²) in [5.41, 5.74) is 4.57. The van der Waals surface area contributed by atoms with Crippen LogP contribution in [-0.2, 0) is 6.54 Å². The number of nitrogens with zero attached hydrogens (tertiary/aromatic N) is 1. The Bertz CT molecular complexity index is 1100. The highest BCUT2D eigenvalue weighted by Crippen LogP contribution is 2.29. The van der Waals surface area contributed by atoms with Gasteiger partial charge in [0.25, 0.3) is 5.91 Å². The van der Waals surface area contributed by atoms with Crippen LogP contribution >= 0.6 is 11.3 Å². The molecule has 1 aromatic heterocycles. The largest absolute Gasteiger partial charge is 1.00 e. The first-order valence-corrected chi connectivity index (χ1v) is 14.6. The molecule has 1 N–H and O–H groups in total. The number of anilines is 1. The number of aromatic nitrogens is 1. The standard InChI is InChI=1S/C31H42N2O3S.BrH/c1-4-5-6-7-8-9-10-11-12-13-19-36-30-21-27(17-18-29(30)35-3)31(34)32-28-16-14-15-26(20-28)23-33-22-25(2)37-24-33;/h14-18,20-22,24H,4-13,19,23H2,1-3H3;1H. The third-order valence-corrected chi connectivity index (χ3v) is 7.31. The van der Waals surface area contributed by atoms with E-state index in [4.69, 9.17) is 9.47 Å². The van der Waals surface area contributed by atoms with Gasteiger partial charge < -0.3 is 31.8 Å². The summed E-state index contributed by atoms with van der Waals surface area (Å²) < 4.78 is 13.6. The Hall–Kier alpha value is -2.38. The van der Waals surface area contributed by atoms with Crippen molar-refractivity contribution in [1.29, 1.82) is 0 Å². The van der Waals surface area contributed by atoms with E-state index in [-0.39, 0.29) is 22.9 Å². The molecule has 0 unspecified atom stereocenters. The van der Waals surface area contributed by atoms with Gasteiger partial charge in [-0.15, -0.1) is 0 Å². The summed E-state index contributed by atoms with van der Waals surface area (Å²) in [6, 6.07) is 13.3. The number of aryl methyl sites for hydroxylation is 1. The molecule has 7 heteroatoms. The minimum absolute atomic E-state index is 0. The molecule has 0 aliphatic rings. The first kappa shape index (κ1) is 31.8. The van der Waals surface area contributed by atoms with E-state index < -0.39 is 0 Å². The average molecular weight is 604 g/mol. The Morgan fingerprint density at radius 3 is 2.29 bits per heavy atom. The van der Waals surface area contributed by atoms with Gasteiger partial charge in [0, 0.05) is 16.8 Å². The van der Waals surface area contributed by atoms with Gasteiger partial charge in [-0.25, -0.2) is 0 Å². The molecule has 1 heterocycles. The topological polar surface area (TPSA) is 51.4 Å². The van der Waals surface area contributed by atoms with Crippen molar-refractivity contribution in [1.82, 2.24) is 0 Å². The number of carbonyl (C=O) groups is 1. The number of carbonyl (C=O) groups excluding carboxylic acids is 1. The molecule has 3 aromatic rings. The van der Waals surface area contributed by atoms with Gasteiger partial charge in [-0.05, 0) is 43.7 Å². The van der Waals surface area contributed by atoms with Crippen LogP contribution < -0.4 is 36.3 Å². The predicted molar refractivity (Wildman–Crippen MR) is 153 cm³/mol. The number of hydrogen-bond acceptors (Lipinski definition) is 4.